The summed E-state index contributed by atoms with van der Waals surface area (Å²) >= 11 is 0. The van der Waals surface area contributed by atoms with Crippen LogP contribution in [0.2, 0.25) is 0 Å². The second kappa shape index (κ2) is 10.7. The van der Waals surface area contributed by atoms with Gasteiger partial charge in [-0.25, -0.2) is 0 Å². The molecule has 1 fully saturated rings. The largest absolute Gasteiger partial charge is 0.497 e. The molecule has 6 nitrogen and oxygen atoms in total. The van der Waals surface area contributed by atoms with E-state index in [9.17, 15) is 4.79 Å². The highest BCUT2D eigenvalue weighted by Crippen LogP contribution is 2.22. The van der Waals surface area contributed by atoms with Gasteiger partial charge < -0.3 is 20.3 Å². The molecule has 1 heterocycles. The predicted molar refractivity (Wildman–Crippen MR) is 127 cm³/mol. The zero-order chi connectivity index (χ0) is 22.1. The number of carbonyl (C=O) groups excluding carboxylic acids is 1. The molecule has 0 spiro atoms. The van der Waals surface area contributed by atoms with Crippen LogP contribution in [-0.4, -0.2) is 39.6 Å². The molecule has 160 valence electrons. The highest BCUT2D eigenvalue weighted by molar-refractivity contribution is 5.74. The van der Waals surface area contributed by atoms with Gasteiger partial charge in [0.2, 0.25) is 0 Å². The van der Waals surface area contributed by atoms with Crippen molar-refractivity contribution in [2.45, 2.75) is 0 Å². The van der Waals surface area contributed by atoms with E-state index in [4.69, 9.17) is 15.7 Å². The SMILES string of the molecule is COc1ccc(C=O)cc1.N#Cc1cccc(N2CCN(c3ccc(N)cc3)CC2)c1.[HH]. The second-order valence-electron chi connectivity index (χ2n) is 7.12. The van der Waals surface area contributed by atoms with Crippen LogP contribution >= 0.6 is 0 Å². The lowest BCUT2D eigenvalue weighted by molar-refractivity contribution is 0.112. The van der Waals surface area contributed by atoms with Gasteiger partial charge in [0, 0.05) is 50.2 Å². The Morgan fingerprint density at radius 2 is 1.55 bits per heavy atom. The summed E-state index contributed by atoms with van der Waals surface area (Å²) in [6, 6.07) is 25.0. The van der Waals surface area contributed by atoms with Crippen molar-refractivity contribution in [2.24, 2.45) is 0 Å². The number of anilines is 3. The van der Waals surface area contributed by atoms with Crippen LogP contribution in [0, 0.1) is 11.3 Å². The van der Waals surface area contributed by atoms with Gasteiger partial charge in [-0.1, -0.05) is 6.07 Å². The summed E-state index contributed by atoms with van der Waals surface area (Å²) < 4.78 is 4.90. The average Bonchev–Trinajstić information content (AvgIpc) is 2.85. The zero-order valence-corrected chi connectivity index (χ0v) is 17.6. The molecule has 3 aromatic carbocycles. The summed E-state index contributed by atoms with van der Waals surface area (Å²) in [7, 11) is 1.59. The zero-order valence-electron chi connectivity index (χ0n) is 17.6. The number of aldehydes is 1. The third-order valence-corrected chi connectivity index (χ3v) is 5.13. The van der Waals surface area contributed by atoms with Crippen molar-refractivity contribution in [3.8, 4) is 11.8 Å². The molecule has 0 atom stereocenters. The molecule has 4 rings (SSSR count). The summed E-state index contributed by atoms with van der Waals surface area (Å²) in [4.78, 5) is 14.9. The van der Waals surface area contributed by atoms with Crippen molar-refractivity contribution in [2.75, 3.05) is 48.8 Å². The number of ether oxygens (including phenoxy) is 1. The molecule has 3 aromatic rings. The van der Waals surface area contributed by atoms with Crippen LogP contribution in [0.1, 0.15) is 17.3 Å². The summed E-state index contributed by atoms with van der Waals surface area (Å²) in [5.74, 6) is 0.769. The van der Waals surface area contributed by atoms with Crippen molar-refractivity contribution >= 4 is 23.3 Å². The topological polar surface area (TPSA) is 82.6 Å². The summed E-state index contributed by atoms with van der Waals surface area (Å²) in [6.07, 6.45) is 0.805. The van der Waals surface area contributed by atoms with E-state index >= 15 is 0 Å². The van der Waals surface area contributed by atoms with E-state index in [1.54, 1.807) is 31.4 Å². The van der Waals surface area contributed by atoms with Gasteiger partial charge in [-0.3, -0.25) is 4.79 Å². The van der Waals surface area contributed by atoms with Crippen molar-refractivity contribution in [3.05, 3.63) is 83.9 Å². The monoisotopic (exact) mass is 416 g/mol. The van der Waals surface area contributed by atoms with Crippen molar-refractivity contribution < 1.29 is 11.0 Å². The number of nitrogens with zero attached hydrogens (tertiary/aromatic N) is 3. The summed E-state index contributed by atoms with van der Waals surface area (Å²) in [5, 5.41) is 8.99. The minimum atomic E-state index is 0. The van der Waals surface area contributed by atoms with Gasteiger partial charge in [-0.05, 0) is 66.7 Å². The Kier molecular flexibility index (Phi) is 7.50. The minimum absolute atomic E-state index is 0. The fraction of sp³-hybridized carbons (Fsp3) is 0.200. The van der Waals surface area contributed by atoms with Crippen LogP contribution in [0.15, 0.2) is 72.8 Å². The van der Waals surface area contributed by atoms with Crippen LogP contribution in [0.3, 0.4) is 0 Å². The first kappa shape index (κ1) is 21.7. The maximum atomic E-state index is 10.2. The second-order valence-corrected chi connectivity index (χ2v) is 7.12. The summed E-state index contributed by atoms with van der Waals surface area (Å²) in [5.41, 5.74) is 10.3. The number of hydrogen-bond acceptors (Lipinski definition) is 6. The molecule has 0 saturated carbocycles. The van der Waals surface area contributed by atoms with Gasteiger partial charge >= 0.3 is 0 Å². The number of methoxy groups -OCH3 is 1. The van der Waals surface area contributed by atoms with E-state index in [1.165, 1.54) is 5.69 Å². The third kappa shape index (κ3) is 6.00. The average molecular weight is 417 g/mol. The van der Waals surface area contributed by atoms with Crippen LogP contribution < -0.4 is 20.3 Å². The maximum Gasteiger partial charge on any atom is 0.150 e. The number of benzene rings is 3. The van der Waals surface area contributed by atoms with Gasteiger partial charge in [-0.2, -0.15) is 5.26 Å². The third-order valence-electron chi connectivity index (χ3n) is 5.13. The van der Waals surface area contributed by atoms with Crippen LogP contribution in [-0.2, 0) is 0 Å². The van der Waals surface area contributed by atoms with Crippen LogP contribution in [0.25, 0.3) is 0 Å². The summed E-state index contributed by atoms with van der Waals surface area (Å²) in [6.45, 7) is 3.86. The highest BCUT2D eigenvalue weighted by Gasteiger charge is 2.17. The molecular weight excluding hydrogens is 388 g/mol. The van der Waals surface area contributed by atoms with E-state index in [1.807, 2.05) is 30.3 Å². The quantitative estimate of drug-likeness (QED) is 0.506. The molecule has 1 saturated heterocycles. The lowest BCUT2D eigenvalue weighted by Crippen LogP contribution is -2.46. The molecule has 0 radical (unpaired) electrons. The van der Waals surface area contributed by atoms with Gasteiger partial charge in [-0.15, -0.1) is 0 Å². The Morgan fingerprint density at radius 3 is 2.10 bits per heavy atom. The Bertz CT molecular complexity index is 1030. The molecule has 6 heteroatoms. The number of piperazine rings is 1. The Hall–Kier alpha value is -3.98. The first-order valence-corrected chi connectivity index (χ1v) is 10.1. The Balaban J connectivity index is 0.000000280. The molecule has 1 aliphatic heterocycles. The van der Waals surface area contributed by atoms with E-state index < -0.39 is 0 Å². The number of hydrogen-bond donors (Lipinski definition) is 1. The lowest BCUT2D eigenvalue weighted by atomic mass is 10.1. The molecule has 2 N–H and O–H groups in total. The van der Waals surface area contributed by atoms with Crippen LogP contribution in [0.4, 0.5) is 17.1 Å². The first-order chi connectivity index (χ1) is 15.1. The molecule has 0 aliphatic carbocycles. The van der Waals surface area contributed by atoms with E-state index in [0.717, 1.165) is 49.6 Å². The fourth-order valence-electron chi connectivity index (χ4n) is 3.36. The van der Waals surface area contributed by atoms with E-state index in [-0.39, 0.29) is 1.43 Å². The predicted octanol–water partition coefficient (Wildman–Crippen LogP) is 4.22. The highest BCUT2D eigenvalue weighted by atomic mass is 16.5. The molecule has 0 unspecified atom stereocenters. The number of carbonyl (C=O) groups is 1. The molecule has 0 amide bonds. The van der Waals surface area contributed by atoms with Gasteiger partial charge in [0.1, 0.15) is 12.0 Å². The number of nitrogen functional groups attached to an aromatic ring is 1. The Morgan fingerprint density at radius 1 is 0.935 bits per heavy atom. The molecule has 0 bridgehead atoms. The molecule has 0 aromatic heterocycles. The first-order valence-electron chi connectivity index (χ1n) is 10.1. The van der Waals surface area contributed by atoms with Gasteiger partial charge in [0.05, 0.1) is 18.7 Å². The number of rotatable bonds is 4. The number of nitriles is 1. The van der Waals surface area contributed by atoms with Crippen molar-refractivity contribution in [1.29, 1.82) is 5.26 Å². The molecule has 31 heavy (non-hydrogen) atoms. The standard InChI is InChI=1S/C17H18N4.C8H8O2.H2/c18-13-14-2-1-3-17(12-14)21-10-8-20(9-11-21)16-6-4-15(19)5-7-16;1-10-8-4-2-7(6-9)3-5-8;/h1-7,12H,8-11,19H2;2-6H,1H3;1H. The van der Waals surface area contributed by atoms with Gasteiger partial charge in [0.25, 0.3) is 0 Å². The Labute approximate surface area is 184 Å². The maximum absolute atomic E-state index is 10.2. The minimum Gasteiger partial charge on any atom is -0.497 e. The van der Waals surface area contributed by atoms with E-state index in [0.29, 0.717) is 11.1 Å². The van der Waals surface area contributed by atoms with Crippen LogP contribution in [0.5, 0.6) is 5.75 Å². The number of nitrogens with two attached hydrogens (primary N) is 1. The van der Waals surface area contributed by atoms with Crippen molar-refractivity contribution in [3.63, 3.8) is 0 Å². The lowest BCUT2D eigenvalue weighted by Gasteiger charge is -2.37. The van der Waals surface area contributed by atoms with E-state index in [2.05, 4.69) is 34.1 Å². The molecule has 1 aliphatic rings. The van der Waals surface area contributed by atoms with Gasteiger partial charge in [0.15, 0.2) is 0 Å². The van der Waals surface area contributed by atoms with Crippen molar-refractivity contribution in [1.82, 2.24) is 0 Å². The fourth-order valence-corrected chi connectivity index (χ4v) is 3.36. The normalized spacial score (nSPS) is 12.9. The smallest absolute Gasteiger partial charge is 0.150 e. The molecular formula is C25H28N4O2.